The molecule has 3 N–H and O–H groups in total. The Bertz CT molecular complexity index is 2760. The van der Waals surface area contributed by atoms with Crippen LogP contribution < -0.4 is 20.3 Å². The zero-order chi connectivity index (χ0) is 48.6. The fourth-order valence-electron chi connectivity index (χ4n) is 8.68. The van der Waals surface area contributed by atoms with Crippen molar-refractivity contribution in [2.24, 2.45) is 0 Å². The van der Waals surface area contributed by atoms with Gasteiger partial charge in [0.1, 0.15) is 35.5 Å². The van der Waals surface area contributed by atoms with Gasteiger partial charge in [0, 0.05) is 89.1 Å². The second kappa shape index (κ2) is 22.2. The van der Waals surface area contributed by atoms with Crippen molar-refractivity contribution in [3.8, 4) is 22.6 Å². The van der Waals surface area contributed by atoms with Crippen LogP contribution in [0.15, 0.2) is 60.7 Å². The van der Waals surface area contributed by atoms with E-state index in [1.165, 1.54) is 17.9 Å². The zero-order valence-electron chi connectivity index (χ0n) is 38.4. The maximum atomic E-state index is 16.9. The second-order valence-electron chi connectivity index (χ2n) is 16.9. The molecule has 4 heterocycles. The maximum absolute atomic E-state index is 16.9. The largest absolute Gasteiger partial charge is 0.508 e. The molecule has 18 nitrogen and oxygen atoms in total. The van der Waals surface area contributed by atoms with E-state index in [9.17, 15) is 29.1 Å². The Balaban J connectivity index is 0.753. The molecule has 0 aliphatic carbocycles. The van der Waals surface area contributed by atoms with Crippen molar-refractivity contribution >= 4 is 74.6 Å². The highest BCUT2D eigenvalue weighted by Crippen LogP contribution is 2.42. The van der Waals surface area contributed by atoms with Gasteiger partial charge in [-0.2, -0.15) is 4.98 Å². The number of aromatic hydroxyl groups is 1. The molecule has 69 heavy (non-hydrogen) atoms. The molecule has 2 saturated heterocycles. The molecule has 1 aromatic heterocycles. The summed E-state index contributed by atoms with van der Waals surface area (Å²) in [6.45, 7) is 6.39. The van der Waals surface area contributed by atoms with Crippen LogP contribution in [0, 0.1) is 5.82 Å². The molecule has 20 heteroatoms. The summed E-state index contributed by atoms with van der Waals surface area (Å²) < 4.78 is 39.6. The molecular formula is C49H54ClFN8O10. The number of hydrogen-bond donors (Lipinski definition) is 3. The van der Waals surface area contributed by atoms with Crippen molar-refractivity contribution in [1.82, 2.24) is 30.0 Å². The Morgan fingerprint density at radius 2 is 1.62 bits per heavy atom. The predicted octanol–water partition coefficient (Wildman–Crippen LogP) is 4.77. The monoisotopic (exact) mass is 968 g/mol. The topological polar surface area (TPSA) is 205 Å². The average molecular weight is 969 g/mol. The normalized spacial score (nSPS) is 16.0. The van der Waals surface area contributed by atoms with E-state index >= 15 is 4.39 Å². The summed E-state index contributed by atoms with van der Waals surface area (Å²) in [5, 5.41) is 17.9. The lowest BCUT2D eigenvalue weighted by atomic mass is 9.96. The molecule has 5 aromatic rings. The minimum absolute atomic E-state index is 0.0162. The quantitative estimate of drug-likeness (QED) is 0.0711. The van der Waals surface area contributed by atoms with E-state index in [2.05, 4.69) is 15.6 Å². The van der Waals surface area contributed by atoms with Gasteiger partial charge in [-0.25, -0.2) is 9.37 Å². The number of piperidine rings is 1. The molecule has 5 amide bonds. The Hall–Kier alpha value is -6.67. The van der Waals surface area contributed by atoms with Crippen molar-refractivity contribution in [3.63, 3.8) is 0 Å². The highest BCUT2D eigenvalue weighted by molar-refractivity contribution is 6.35. The van der Waals surface area contributed by atoms with Crippen LogP contribution in [0.2, 0.25) is 5.02 Å². The van der Waals surface area contributed by atoms with Gasteiger partial charge in [0.2, 0.25) is 29.6 Å². The molecule has 2 fully saturated rings. The molecule has 0 saturated carbocycles. The number of rotatable bonds is 20. The molecule has 4 aromatic carbocycles. The predicted molar refractivity (Wildman–Crippen MR) is 255 cm³/mol. The third-order valence-electron chi connectivity index (χ3n) is 12.4. The number of phenols is 1. The molecular weight excluding hydrogens is 915 g/mol. The van der Waals surface area contributed by atoms with Crippen LogP contribution in [0.1, 0.15) is 42.1 Å². The molecule has 364 valence electrons. The lowest BCUT2D eigenvalue weighted by molar-refractivity contribution is -0.137. The van der Waals surface area contributed by atoms with Gasteiger partial charge >= 0.3 is 0 Å². The molecule has 0 radical (unpaired) electrons. The number of carbonyl (C=O) groups excluding carboxylic acids is 5. The van der Waals surface area contributed by atoms with Crippen LogP contribution >= 0.6 is 11.6 Å². The summed E-state index contributed by atoms with van der Waals surface area (Å²) in [4.78, 5) is 78.0. The van der Waals surface area contributed by atoms with Crippen LogP contribution in [-0.4, -0.2) is 158 Å². The lowest BCUT2D eigenvalue weighted by Crippen LogP contribution is -2.52. The smallest absolute Gasteiger partial charge is 0.255 e. The Morgan fingerprint density at radius 1 is 0.899 bits per heavy atom. The first-order chi connectivity index (χ1) is 33.4. The molecule has 1 unspecified atom stereocenters. The number of nitrogens with zero attached hydrogens (tertiary/aromatic N) is 6. The first-order valence-corrected chi connectivity index (χ1v) is 23.3. The van der Waals surface area contributed by atoms with Crippen molar-refractivity contribution in [1.29, 1.82) is 0 Å². The number of ether oxygens (including phenoxy) is 4. The van der Waals surface area contributed by atoms with Gasteiger partial charge in [-0.15, -0.1) is 0 Å². The van der Waals surface area contributed by atoms with Crippen molar-refractivity contribution in [3.05, 3.63) is 82.6 Å². The van der Waals surface area contributed by atoms with Gasteiger partial charge in [-0.05, 0) is 64.7 Å². The van der Waals surface area contributed by atoms with E-state index in [4.69, 9.17) is 35.5 Å². The van der Waals surface area contributed by atoms with Gasteiger partial charge in [-0.3, -0.25) is 29.3 Å². The minimum Gasteiger partial charge on any atom is -0.508 e. The van der Waals surface area contributed by atoms with Crippen LogP contribution in [0.5, 0.6) is 11.5 Å². The Kier molecular flexibility index (Phi) is 15.7. The number of fused-ring (bicyclic) bond motifs is 3. The fourth-order valence-corrected chi connectivity index (χ4v) is 8.97. The van der Waals surface area contributed by atoms with Gasteiger partial charge in [0.25, 0.3) is 5.91 Å². The van der Waals surface area contributed by atoms with E-state index in [-0.39, 0.29) is 84.0 Å². The number of carbonyl (C=O) groups is 5. The van der Waals surface area contributed by atoms with Crippen LogP contribution in [-0.2, 0) is 39.9 Å². The van der Waals surface area contributed by atoms with Gasteiger partial charge in [0.05, 0.1) is 44.7 Å². The number of hydrogen-bond acceptors (Lipinski definition) is 14. The van der Waals surface area contributed by atoms with E-state index in [1.807, 2.05) is 29.2 Å². The highest BCUT2D eigenvalue weighted by atomic mass is 35.5. The number of piperazine rings is 1. The molecule has 1 atom stereocenters. The van der Waals surface area contributed by atoms with E-state index < -0.39 is 17.8 Å². The summed E-state index contributed by atoms with van der Waals surface area (Å²) in [6.07, 6.45) is 0.597. The number of phenolic OH excluding ortho intramolecular Hbond substituents is 1. The maximum Gasteiger partial charge on any atom is 0.255 e. The van der Waals surface area contributed by atoms with E-state index in [1.54, 1.807) is 47.2 Å². The van der Waals surface area contributed by atoms with Gasteiger partial charge in [0.15, 0.2) is 5.82 Å². The molecule has 3 aliphatic rings. The fraction of sp³-hybridized carbons (Fsp3) is 0.408. The standard InChI is InChI=1S/C49H54ClFN8O10/c1-30(60)57-13-15-58(16-14-57)46-38-28-39(50)43(37-27-33(61)25-31-5-3-4-6-35(31)37)44(51)45(38)54-49(55-46)52-12-11-42(63)56(2)17-18-66-19-20-67-21-22-68-23-24-69-34-7-8-36-32(26-34)29-59(48(36)65)40-9-10-41(62)53-47(40)64/h3-8,25-28,40,61H,9-24,29H2,1-2H3,(H,52,54,55)(H,53,62,64). The summed E-state index contributed by atoms with van der Waals surface area (Å²) in [7, 11) is 1.68. The summed E-state index contributed by atoms with van der Waals surface area (Å²) >= 11 is 6.85. The number of anilines is 2. The van der Waals surface area contributed by atoms with Crippen LogP contribution in [0.3, 0.4) is 0 Å². The molecule has 8 rings (SSSR count). The second-order valence-corrected chi connectivity index (χ2v) is 17.3. The van der Waals surface area contributed by atoms with Crippen molar-refractivity contribution < 1.29 is 52.4 Å². The Labute approximate surface area is 402 Å². The third kappa shape index (κ3) is 11.4. The molecule has 3 aliphatic heterocycles. The highest BCUT2D eigenvalue weighted by Gasteiger charge is 2.39. The zero-order valence-corrected chi connectivity index (χ0v) is 39.2. The van der Waals surface area contributed by atoms with E-state index in [0.29, 0.717) is 118 Å². The first kappa shape index (κ1) is 48.8. The number of amides is 5. The number of nitrogens with one attached hydrogen (secondary N) is 2. The number of halogens is 2. The van der Waals surface area contributed by atoms with Gasteiger partial charge in [-0.1, -0.05) is 35.9 Å². The third-order valence-corrected chi connectivity index (χ3v) is 12.7. The summed E-state index contributed by atoms with van der Waals surface area (Å²) in [5.74, 6) is -0.782. The minimum atomic E-state index is -0.684. The average Bonchev–Trinajstić information content (AvgIpc) is 3.66. The number of benzene rings is 4. The SMILES string of the molecule is CC(=O)N1CCN(c2nc(NCCC(=O)N(C)CCOCCOCCOCCOc3ccc4c(c3)CN(C3CCC(=O)NC3=O)C4=O)nc3c(F)c(-c4cc(O)cc5ccccc45)c(Cl)cc23)CC1. The summed E-state index contributed by atoms with van der Waals surface area (Å²) in [6, 6.07) is 16.5. The van der Waals surface area contributed by atoms with Crippen molar-refractivity contribution in [2.75, 3.05) is 103 Å². The first-order valence-electron chi connectivity index (χ1n) is 22.9. The lowest BCUT2D eigenvalue weighted by Gasteiger charge is -2.35. The Morgan fingerprint density at radius 3 is 2.36 bits per heavy atom. The van der Waals surface area contributed by atoms with Crippen molar-refractivity contribution in [2.45, 2.75) is 38.8 Å². The summed E-state index contributed by atoms with van der Waals surface area (Å²) in [5.41, 5.74) is 1.79. The molecule has 0 bridgehead atoms. The van der Waals surface area contributed by atoms with Crippen LogP contribution in [0.4, 0.5) is 16.2 Å². The number of likely N-dealkylation sites (N-methyl/N-ethyl adjacent to an activating group) is 1. The van der Waals surface area contributed by atoms with Crippen LogP contribution in [0.25, 0.3) is 32.8 Å². The number of aromatic nitrogens is 2. The van der Waals surface area contributed by atoms with E-state index in [0.717, 1.165) is 5.56 Å². The molecule has 0 spiro atoms. The van der Waals surface area contributed by atoms with Gasteiger partial charge < -0.3 is 49.0 Å². The number of imide groups is 1.